The Morgan fingerprint density at radius 2 is 1.57 bits per heavy atom. The Kier molecular flexibility index (Phi) is 5.49. The van der Waals surface area contributed by atoms with Crippen molar-refractivity contribution in [2.45, 2.75) is 12.8 Å². The van der Waals surface area contributed by atoms with Crippen LogP contribution in [0, 0.1) is 16.0 Å². The summed E-state index contributed by atoms with van der Waals surface area (Å²) in [6, 6.07) is 12.1. The van der Waals surface area contributed by atoms with E-state index in [-0.39, 0.29) is 22.8 Å². The van der Waals surface area contributed by atoms with Crippen LogP contribution in [0.5, 0.6) is 0 Å². The standard InChI is InChI=1S/C20H18N2O6/c23-18(13-4-2-1-3-5-13)14-6-8-21(9-7-14)19(24)15-10-16(20(25)26)12-17(11-15)22(27)28/h1-5,10-12,14H,6-9H2,(H,25,26). The summed E-state index contributed by atoms with van der Waals surface area (Å²) in [4.78, 5) is 48.3. The van der Waals surface area contributed by atoms with Gasteiger partial charge in [0.2, 0.25) is 0 Å². The first-order valence-electron chi connectivity index (χ1n) is 8.78. The molecule has 8 nitrogen and oxygen atoms in total. The summed E-state index contributed by atoms with van der Waals surface area (Å²) < 4.78 is 0. The van der Waals surface area contributed by atoms with Gasteiger partial charge in [0.1, 0.15) is 0 Å². The first-order valence-corrected chi connectivity index (χ1v) is 8.78. The maximum Gasteiger partial charge on any atom is 0.335 e. The van der Waals surface area contributed by atoms with E-state index in [1.165, 1.54) is 4.90 Å². The lowest BCUT2D eigenvalue weighted by Crippen LogP contribution is -2.40. The average Bonchev–Trinajstić information content (AvgIpc) is 2.73. The second kappa shape index (κ2) is 7.99. The molecule has 1 aliphatic rings. The summed E-state index contributed by atoms with van der Waals surface area (Å²) in [7, 11) is 0. The minimum absolute atomic E-state index is 0.0382. The number of hydrogen-bond donors (Lipinski definition) is 1. The molecule has 0 spiro atoms. The zero-order chi connectivity index (χ0) is 20.3. The number of nitrogens with zero attached hydrogens (tertiary/aromatic N) is 2. The molecule has 0 aliphatic carbocycles. The predicted molar refractivity (Wildman–Crippen MR) is 99.5 cm³/mol. The molecule has 0 saturated carbocycles. The van der Waals surface area contributed by atoms with Crippen LogP contribution in [0.1, 0.15) is 43.9 Å². The molecule has 144 valence electrons. The maximum absolute atomic E-state index is 12.7. The van der Waals surface area contributed by atoms with E-state index in [2.05, 4.69) is 0 Å². The molecule has 1 amide bonds. The molecule has 2 aromatic rings. The molecule has 0 unspecified atom stereocenters. The van der Waals surface area contributed by atoms with E-state index >= 15 is 0 Å². The van der Waals surface area contributed by atoms with Gasteiger partial charge in [0.05, 0.1) is 10.5 Å². The van der Waals surface area contributed by atoms with E-state index in [0.29, 0.717) is 31.5 Å². The number of carbonyl (C=O) groups is 3. The molecule has 2 aromatic carbocycles. The Bertz CT molecular complexity index is 901. The second-order valence-electron chi connectivity index (χ2n) is 6.63. The number of carboxylic acids is 1. The molecule has 0 aromatic heterocycles. The number of ketones is 1. The lowest BCUT2D eigenvalue weighted by molar-refractivity contribution is -0.384. The largest absolute Gasteiger partial charge is 0.478 e. The summed E-state index contributed by atoms with van der Waals surface area (Å²) in [6.07, 6.45) is 0.973. The quantitative estimate of drug-likeness (QED) is 0.482. The van der Waals surface area contributed by atoms with Crippen LogP contribution in [-0.2, 0) is 0 Å². The summed E-state index contributed by atoms with van der Waals surface area (Å²) in [6.45, 7) is 0.653. The summed E-state index contributed by atoms with van der Waals surface area (Å²) in [5.74, 6) is -1.97. The number of nitro groups is 1. The molecule has 0 atom stereocenters. The second-order valence-corrected chi connectivity index (χ2v) is 6.63. The van der Waals surface area contributed by atoms with Crippen LogP contribution in [-0.4, -0.2) is 45.7 Å². The number of carbonyl (C=O) groups excluding carboxylic acids is 2. The van der Waals surface area contributed by atoms with Crippen LogP contribution in [0.25, 0.3) is 0 Å². The molecule has 8 heteroatoms. The molecule has 28 heavy (non-hydrogen) atoms. The van der Waals surface area contributed by atoms with Crippen LogP contribution in [0.4, 0.5) is 5.69 Å². The minimum atomic E-state index is -1.34. The number of aromatic carboxylic acids is 1. The maximum atomic E-state index is 12.7. The topological polar surface area (TPSA) is 118 Å². The van der Waals surface area contributed by atoms with Gasteiger partial charge in [-0.3, -0.25) is 19.7 Å². The third kappa shape index (κ3) is 4.06. The fourth-order valence-corrected chi connectivity index (χ4v) is 3.33. The fraction of sp³-hybridized carbons (Fsp3) is 0.250. The highest BCUT2D eigenvalue weighted by Crippen LogP contribution is 2.24. The number of nitro benzene ring substituents is 1. The predicted octanol–water partition coefficient (Wildman–Crippen LogP) is 3.03. The van der Waals surface area contributed by atoms with Crippen molar-refractivity contribution in [3.63, 3.8) is 0 Å². The van der Waals surface area contributed by atoms with Crippen LogP contribution >= 0.6 is 0 Å². The van der Waals surface area contributed by atoms with Gasteiger partial charge in [0.25, 0.3) is 11.6 Å². The van der Waals surface area contributed by atoms with Crippen LogP contribution < -0.4 is 0 Å². The number of likely N-dealkylation sites (tertiary alicyclic amines) is 1. The molecule has 0 bridgehead atoms. The summed E-state index contributed by atoms with van der Waals surface area (Å²) in [5.41, 5.74) is -0.166. The van der Waals surface area contributed by atoms with E-state index in [1.54, 1.807) is 24.3 Å². The first kappa shape index (κ1) is 19.2. The Labute approximate surface area is 160 Å². The van der Waals surface area contributed by atoms with Crippen molar-refractivity contribution in [2.24, 2.45) is 5.92 Å². The number of amides is 1. The molecule has 1 aliphatic heterocycles. The van der Waals surface area contributed by atoms with Gasteiger partial charge in [-0.25, -0.2) is 4.79 Å². The SMILES string of the molecule is O=C(O)c1cc(C(=O)N2CCC(C(=O)c3ccccc3)CC2)cc([N+](=O)[O-])c1. The van der Waals surface area contributed by atoms with Gasteiger partial charge in [-0.1, -0.05) is 30.3 Å². The molecular weight excluding hydrogens is 364 g/mol. The van der Waals surface area contributed by atoms with Crippen LogP contribution in [0.3, 0.4) is 0 Å². The minimum Gasteiger partial charge on any atom is -0.478 e. The lowest BCUT2D eigenvalue weighted by Gasteiger charge is -2.31. The third-order valence-corrected chi connectivity index (χ3v) is 4.83. The molecule has 3 rings (SSSR count). The van der Waals surface area contributed by atoms with Gasteiger partial charge in [-0.05, 0) is 18.9 Å². The smallest absolute Gasteiger partial charge is 0.335 e. The monoisotopic (exact) mass is 382 g/mol. The number of benzene rings is 2. The highest BCUT2D eigenvalue weighted by atomic mass is 16.6. The van der Waals surface area contributed by atoms with Crippen molar-refractivity contribution in [2.75, 3.05) is 13.1 Å². The summed E-state index contributed by atoms with van der Waals surface area (Å²) in [5, 5.41) is 20.2. The van der Waals surface area contributed by atoms with Gasteiger partial charge in [0, 0.05) is 42.3 Å². The van der Waals surface area contributed by atoms with Gasteiger partial charge in [0.15, 0.2) is 5.78 Å². The van der Waals surface area contributed by atoms with Crippen molar-refractivity contribution in [1.82, 2.24) is 4.90 Å². The van der Waals surface area contributed by atoms with Crippen LogP contribution in [0.2, 0.25) is 0 Å². The number of piperidine rings is 1. The third-order valence-electron chi connectivity index (χ3n) is 4.83. The Hall–Kier alpha value is -3.55. The summed E-state index contributed by atoms with van der Waals surface area (Å²) >= 11 is 0. The number of carboxylic acid groups (broad SMARTS) is 1. The van der Waals surface area contributed by atoms with Crippen molar-refractivity contribution >= 4 is 23.3 Å². The zero-order valence-corrected chi connectivity index (χ0v) is 14.9. The first-order chi connectivity index (χ1) is 13.4. The Morgan fingerprint density at radius 1 is 0.964 bits per heavy atom. The molecular formula is C20H18N2O6. The zero-order valence-electron chi connectivity index (χ0n) is 14.9. The van der Waals surface area contributed by atoms with E-state index in [1.807, 2.05) is 6.07 Å². The van der Waals surface area contributed by atoms with Gasteiger partial charge in [-0.15, -0.1) is 0 Å². The molecule has 1 fully saturated rings. The molecule has 0 radical (unpaired) electrons. The van der Waals surface area contributed by atoms with Crippen LogP contribution in [0.15, 0.2) is 48.5 Å². The Morgan fingerprint density at radius 3 is 2.14 bits per heavy atom. The molecule has 1 heterocycles. The van der Waals surface area contributed by atoms with Gasteiger partial charge >= 0.3 is 5.97 Å². The molecule has 1 N–H and O–H groups in total. The normalized spacial score (nSPS) is 14.5. The number of non-ortho nitro benzene ring substituents is 1. The van der Waals surface area contributed by atoms with E-state index < -0.39 is 22.5 Å². The highest BCUT2D eigenvalue weighted by Gasteiger charge is 2.29. The van der Waals surface area contributed by atoms with Crippen molar-refractivity contribution in [1.29, 1.82) is 0 Å². The number of rotatable bonds is 5. The molecule has 1 saturated heterocycles. The highest BCUT2D eigenvalue weighted by molar-refractivity contribution is 6.00. The fourth-order valence-electron chi connectivity index (χ4n) is 3.33. The van der Waals surface area contributed by atoms with Crippen molar-refractivity contribution in [3.05, 3.63) is 75.3 Å². The lowest BCUT2D eigenvalue weighted by atomic mass is 9.88. The van der Waals surface area contributed by atoms with Gasteiger partial charge < -0.3 is 10.0 Å². The Balaban J connectivity index is 1.72. The average molecular weight is 382 g/mol. The van der Waals surface area contributed by atoms with Crippen molar-refractivity contribution < 1.29 is 24.4 Å². The van der Waals surface area contributed by atoms with Gasteiger partial charge in [-0.2, -0.15) is 0 Å². The van der Waals surface area contributed by atoms with Crippen molar-refractivity contribution in [3.8, 4) is 0 Å². The number of Topliss-reactive ketones (excluding diaryl/α,β-unsaturated/α-hetero) is 1. The van der Waals surface area contributed by atoms with E-state index in [9.17, 15) is 24.5 Å². The number of hydrogen-bond acceptors (Lipinski definition) is 5. The van der Waals surface area contributed by atoms with E-state index in [4.69, 9.17) is 5.11 Å². The van der Waals surface area contributed by atoms with E-state index in [0.717, 1.165) is 18.2 Å².